The number of nitrogens with one attached hydrogen (secondary N) is 1. The van der Waals surface area contributed by atoms with Gasteiger partial charge in [-0.15, -0.1) is 0 Å². The van der Waals surface area contributed by atoms with Gasteiger partial charge in [0.05, 0.1) is 5.56 Å². The van der Waals surface area contributed by atoms with E-state index in [9.17, 15) is 13.2 Å². The van der Waals surface area contributed by atoms with Crippen LogP contribution in [0.4, 0.5) is 19.0 Å². The molecule has 0 aromatic carbocycles. The van der Waals surface area contributed by atoms with Gasteiger partial charge in [0.25, 0.3) is 0 Å². The highest BCUT2D eigenvalue weighted by Gasteiger charge is 2.35. The first-order valence-corrected chi connectivity index (χ1v) is 6.57. The van der Waals surface area contributed by atoms with Crippen molar-refractivity contribution in [3.8, 4) is 0 Å². The van der Waals surface area contributed by atoms with Gasteiger partial charge in [0.1, 0.15) is 5.82 Å². The van der Waals surface area contributed by atoms with Crippen LogP contribution in [0, 0.1) is 5.41 Å². The molecule has 0 bridgehead atoms. The lowest BCUT2D eigenvalue weighted by Gasteiger charge is -2.35. The third-order valence-corrected chi connectivity index (χ3v) is 3.79. The number of halogens is 3. The highest BCUT2D eigenvalue weighted by molar-refractivity contribution is 5.46. The molecule has 5 heteroatoms. The zero-order valence-corrected chi connectivity index (χ0v) is 11.2. The van der Waals surface area contributed by atoms with E-state index in [-0.39, 0.29) is 11.9 Å². The Labute approximate surface area is 111 Å². The number of aromatic nitrogens is 1. The fraction of sp³-hybridized carbons (Fsp3) is 0.643. The van der Waals surface area contributed by atoms with E-state index in [0.717, 1.165) is 31.7 Å². The molecule has 0 aliphatic heterocycles. The fourth-order valence-electron chi connectivity index (χ4n) is 2.49. The molecule has 1 aromatic heterocycles. The van der Waals surface area contributed by atoms with Crippen LogP contribution >= 0.6 is 0 Å². The molecule has 19 heavy (non-hydrogen) atoms. The van der Waals surface area contributed by atoms with Crippen molar-refractivity contribution in [2.45, 2.75) is 51.7 Å². The summed E-state index contributed by atoms with van der Waals surface area (Å²) in [5.74, 6) is -0.0419. The standard InChI is InChI=1S/C14H19F3N2/c1-13(2)7-5-10(6-8-13)19-12-11(14(15,16)17)4-3-9-18-12/h3-4,9-10H,5-8H2,1-2H3,(H,18,19). The van der Waals surface area contributed by atoms with Gasteiger partial charge in [-0.25, -0.2) is 4.98 Å². The van der Waals surface area contributed by atoms with Gasteiger partial charge in [0.2, 0.25) is 0 Å². The van der Waals surface area contributed by atoms with Crippen LogP contribution in [-0.4, -0.2) is 11.0 Å². The molecule has 0 radical (unpaired) electrons. The van der Waals surface area contributed by atoms with Crippen molar-refractivity contribution >= 4 is 5.82 Å². The Hall–Kier alpha value is -1.26. The molecule has 0 amide bonds. The Morgan fingerprint density at radius 2 is 1.89 bits per heavy atom. The molecular weight excluding hydrogens is 253 g/mol. The molecule has 1 aromatic rings. The van der Waals surface area contributed by atoms with Crippen LogP contribution < -0.4 is 5.32 Å². The molecule has 1 fully saturated rings. The largest absolute Gasteiger partial charge is 0.419 e. The van der Waals surface area contributed by atoms with Crippen LogP contribution in [0.5, 0.6) is 0 Å². The minimum Gasteiger partial charge on any atom is -0.367 e. The second kappa shape index (κ2) is 5.02. The van der Waals surface area contributed by atoms with Gasteiger partial charge in [-0.1, -0.05) is 13.8 Å². The van der Waals surface area contributed by atoms with Crippen molar-refractivity contribution in [2.75, 3.05) is 5.32 Å². The van der Waals surface area contributed by atoms with Crippen LogP contribution in [0.3, 0.4) is 0 Å². The van der Waals surface area contributed by atoms with Crippen molar-refractivity contribution in [1.29, 1.82) is 0 Å². The summed E-state index contributed by atoms with van der Waals surface area (Å²) < 4.78 is 38.5. The van der Waals surface area contributed by atoms with E-state index >= 15 is 0 Å². The molecule has 0 saturated heterocycles. The highest BCUT2D eigenvalue weighted by Crippen LogP contribution is 2.38. The normalized spacial score (nSPS) is 20.3. The van der Waals surface area contributed by atoms with Crippen molar-refractivity contribution in [3.05, 3.63) is 23.9 Å². The first kappa shape index (κ1) is 14.2. The number of alkyl halides is 3. The minimum atomic E-state index is -4.36. The van der Waals surface area contributed by atoms with E-state index in [1.54, 1.807) is 0 Å². The maximum atomic E-state index is 12.8. The highest BCUT2D eigenvalue weighted by atomic mass is 19.4. The number of rotatable bonds is 2. The number of anilines is 1. The van der Waals surface area contributed by atoms with Gasteiger partial charge < -0.3 is 5.32 Å². The maximum absolute atomic E-state index is 12.8. The van der Waals surface area contributed by atoms with Crippen LogP contribution in [0.25, 0.3) is 0 Å². The van der Waals surface area contributed by atoms with E-state index in [1.165, 1.54) is 12.3 Å². The van der Waals surface area contributed by atoms with E-state index in [2.05, 4.69) is 24.1 Å². The molecular formula is C14H19F3N2. The fourth-order valence-corrected chi connectivity index (χ4v) is 2.49. The molecule has 0 atom stereocenters. The zero-order chi connectivity index (χ0) is 14.1. The monoisotopic (exact) mass is 272 g/mol. The lowest BCUT2D eigenvalue weighted by molar-refractivity contribution is -0.137. The summed E-state index contributed by atoms with van der Waals surface area (Å²) in [6.07, 6.45) is 0.869. The van der Waals surface area contributed by atoms with E-state index in [4.69, 9.17) is 0 Å². The minimum absolute atomic E-state index is 0.0419. The Bertz CT molecular complexity index is 431. The molecule has 1 heterocycles. The summed E-state index contributed by atoms with van der Waals surface area (Å²) in [6, 6.07) is 2.48. The SMILES string of the molecule is CC1(C)CCC(Nc2ncccc2C(F)(F)F)CC1. The molecule has 2 nitrogen and oxygen atoms in total. The van der Waals surface area contributed by atoms with Crippen LogP contribution in [0.1, 0.15) is 45.1 Å². The topological polar surface area (TPSA) is 24.9 Å². The van der Waals surface area contributed by atoms with Gasteiger partial charge in [-0.2, -0.15) is 13.2 Å². The van der Waals surface area contributed by atoms with Crippen molar-refractivity contribution in [3.63, 3.8) is 0 Å². The summed E-state index contributed by atoms with van der Waals surface area (Å²) in [7, 11) is 0. The molecule has 0 spiro atoms. The Morgan fingerprint density at radius 1 is 1.26 bits per heavy atom. The summed E-state index contributed by atoms with van der Waals surface area (Å²) in [4.78, 5) is 3.84. The average molecular weight is 272 g/mol. The molecule has 1 aliphatic carbocycles. The first-order valence-electron chi connectivity index (χ1n) is 6.57. The van der Waals surface area contributed by atoms with Crippen LogP contribution in [-0.2, 0) is 6.18 Å². The smallest absolute Gasteiger partial charge is 0.367 e. The van der Waals surface area contributed by atoms with Gasteiger partial charge in [-0.3, -0.25) is 0 Å². The third-order valence-electron chi connectivity index (χ3n) is 3.79. The predicted molar refractivity (Wildman–Crippen MR) is 68.9 cm³/mol. The lowest BCUT2D eigenvalue weighted by Crippen LogP contribution is -2.31. The summed E-state index contributed by atoms with van der Waals surface area (Å²) in [5.41, 5.74) is -0.380. The summed E-state index contributed by atoms with van der Waals surface area (Å²) in [6.45, 7) is 4.40. The van der Waals surface area contributed by atoms with E-state index < -0.39 is 11.7 Å². The van der Waals surface area contributed by atoms with E-state index in [1.807, 2.05) is 0 Å². The average Bonchev–Trinajstić information content (AvgIpc) is 2.31. The number of nitrogens with zero attached hydrogens (tertiary/aromatic N) is 1. The Morgan fingerprint density at radius 3 is 2.47 bits per heavy atom. The Balaban J connectivity index is 2.08. The molecule has 1 aliphatic rings. The summed E-state index contributed by atoms with van der Waals surface area (Å²) in [5, 5.41) is 2.96. The summed E-state index contributed by atoms with van der Waals surface area (Å²) >= 11 is 0. The molecule has 106 valence electrons. The lowest BCUT2D eigenvalue weighted by atomic mass is 9.75. The number of pyridine rings is 1. The molecule has 2 rings (SSSR count). The van der Waals surface area contributed by atoms with Crippen LogP contribution in [0.15, 0.2) is 18.3 Å². The molecule has 1 saturated carbocycles. The van der Waals surface area contributed by atoms with Gasteiger partial charge >= 0.3 is 6.18 Å². The Kier molecular flexibility index (Phi) is 3.74. The van der Waals surface area contributed by atoms with Gasteiger partial charge in [0, 0.05) is 12.2 Å². The van der Waals surface area contributed by atoms with Crippen molar-refractivity contribution in [1.82, 2.24) is 4.98 Å². The predicted octanol–water partition coefficient (Wildman–Crippen LogP) is 4.48. The van der Waals surface area contributed by atoms with Gasteiger partial charge in [0.15, 0.2) is 0 Å². The zero-order valence-electron chi connectivity index (χ0n) is 11.2. The quantitative estimate of drug-likeness (QED) is 0.858. The molecule has 0 unspecified atom stereocenters. The van der Waals surface area contributed by atoms with Crippen molar-refractivity contribution in [2.24, 2.45) is 5.41 Å². The molecule has 1 N–H and O–H groups in total. The first-order chi connectivity index (χ1) is 8.78. The second-order valence-electron chi connectivity index (χ2n) is 5.98. The van der Waals surface area contributed by atoms with Crippen LogP contribution in [0.2, 0.25) is 0 Å². The van der Waals surface area contributed by atoms with Gasteiger partial charge in [-0.05, 0) is 43.2 Å². The third kappa shape index (κ3) is 3.61. The maximum Gasteiger partial charge on any atom is 0.419 e. The second-order valence-corrected chi connectivity index (χ2v) is 5.98. The van der Waals surface area contributed by atoms with Crippen molar-refractivity contribution < 1.29 is 13.2 Å². The number of hydrogen-bond acceptors (Lipinski definition) is 2. The number of hydrogen-bond donors (Lipinski definition) is 1. The van der Waals surface area contributed by atoms with E-state index in [0.29, 0.717) is 5.41 Å².